The van der Waals surface area contributed by atoms with Gasteiger partial charge in [-0.25, -0.2) is 0 Å². The lowest BCUT2D eigenvalue weighted by molar-refractivity contribution is 0.0858. The van der Waals surface area contributed by atoms with E-state index in [1.807, 2.05) is 13.0 Å². The number of carbonyl (C=O) groups excluding carboxylic acids is 1. The van der Waals surface area contributed by atoms with Crippen LogP contribution in [-0.2, 0) is 4.74 Å². The molecule has 4 heteroatoms. The van der Waals surface area contributed by atoms with Crippen LogP contribution in [0.1, 0.15) is 28.8 Å². The number of benzene rings is 1. The van der Waals surface area contributed by atoms with E-state index in [0.717, 1.165) is 25.0 Å². The Kier molecular flexibility index (Phi) is 4.02. The molecule has 0 bridgehead atoms. The second-order valence-corrected chi connectivity index (χ2v) is 4.72. The Balaban J connectivity index is 1.92. The summed E-state index contributed by atoms with van der Waals surface area (Å²) in [6, 6.07) is 5.33. The predicted molar refractivity (Wildman–Crippen MR) is 67.5 cm³/mol. The first-order valence-corrected chi connectivity index (χ1v) is 6.20. The molecule has 1 fully saturated rings. The van der Waals surface area contributed by atoms with E-state index < -0.39 is 0 Å². The Labute approximate surface area is 106 Å². The van der Waals surface area contributed by atoms with Crippen LogP contribution in [0.25, 0.3) is 0 Å². The Morgan fingerprint density at radius 1 is 1.59 bits per heavy atom. The summed E-state index contributed by atoms with van der Waals surface area (Å²) in [6.07, 6.45) is 2.27. The van der Waals surface area contributed by atoms with Gasteiger partial charge >= 0.3 is 0 Å². The number of hydrogen-bond acceptors (Lipinski definition) is 2. The van der Waals surface area contributed by atoms with E-state index in [-0.39, 0.29) is 12.0 Å². The molecule has 2 rings (SSSR count). The van der Waals surface area contributed by atoms with Gasteiger partial charge in [-0.1, -0.05) is 17.7 Å². The van der Waals surface area contributed by atoms with E-state index in [4.69, 9.17) is 16.3 Å². The van der Waals surface area contributed by atoms with Crippen LogP contribution in [0.3, 0.4) is 0 Å². The van der Waals surface area contributed by atoms with Crippen LogP contribution in [0, 0.1) is 6.92 Å². The van der Waals surface area contributed by atoms with E-state index >= 15 is 0 Å². The van der Waals surface area contributed by atoms with Crippen LogP contribution in [0.5, 0.6) is 0 Å². The Bertz CT molecular complexity index is 414. The maximum absolute atomic E-state index is 11.8. The van der Waals surface area contributed by atoms with Gasteiger partial charge < -0.3 is 10.1 Å². The van der Waals surface area contributed by atoms with E-state index in [2.05, 4.69) is 5.32 Å². The molecule has 0 aromatic heterocycles. The standard InChI is InChI=1S/C13H16ClNO2/c1-9-4-5-10(7-12(9)14)13(16)15-8-11-3-2-6-17-11/h4-5,7,11H,2-3,6,8H2,1H3,(H,15,16)/t11-/m1/s1. The number of nitrogens with one attached hydrogen (secondary N) is 1. The van der Waals surface area contributed by atoms with E-state index in [0.29, 0.717) is 17.1 Å². The molecule has 1 aromatic carbocycles. The molecule has 1 amide bonds. The summed E-state index contributed by atoms with van der Waals surface area (Å²) in [7, 11) is 0. The molecule has 0 spiro atoms. The molecule has 1 aliphatic rings. The second-order valence-electron chi connectivity index (χ2n) is 4.31. The van der Waals surface area contributed by atoms with Crippen LogP contribution in [0.4, 0.5) is 0 Å². The summed E-state index contributed by atoms with van der Waals surface area (Å²) in [5.41, 5.74) is 1.57. The van der Waals surface area contributed by atoms with Crippen molar-refractivity contribution in [2.45, 2.75) is 25.9 Å². The molecule has 0 radical (unpaired) electrons. The molecule has 1 heterocycles. The average Bonchev–Trinajstić information content (AvgIpc) is 2.82. The van der Waals surface area contributed by atoms with Crippen molar-refractivity contribution in [2.24, 2.45) is 0 Å². The number of halogens is 1. The third-order valence-corrected chi connectivity index (χ3v) is 3.36. The number of carbonyl (C=O) groups is 1. The first-order chi connectivity index (χ1) is 8.16. The number of ether oxygens (including phenoxy) is 1. The normalized spacial score (nSPS) is 19.3. The quantitative estimate of drug-likeness (QED) is 0.899. The zero-order valence-electron chi connectivity index (χ0n) is 9.83. The van der Waals surface area contributed by atoms with Crippen LogP contribution in [-0.4, -0.2) is 25.2 Å². The van der Waals surface area contributed by atoms with E-state index in [9.17, 15) is 4.79 Å². The molecule has 0 unspecified atom stereocenters. The molecule has 17 heavy (non-hydrogen) atoms. The lowest BCUT2D eigenvalue weighted by Gasteiger charge is -2.11. The molecule has 0 aliphatic carbocycles. The summed E-state index contributed by atoms with van der Waals surface area (Å²) in [6.45, 7) is 3.29. The van der Waals surface area contributed by atoms with Gasteiger partial charge in [0.2, 0.25) is 0 Å². The maximum atomic E-state index is 11.8. The van der Waals surface area contributed by atoms with E-state index in [1.165, 1.54) is 0 Å². The van der Waals surface area contributed by atoms with Crippen LogP contribution >= 0.6 is 11.6 Å². The summed E-state index contributed by atoms with van der Waals surface area (Å²) in [4.78, 5) is 11.8. The Morgan fingerprint density at radius 2 is 2.41 bits per heavy atom. The van der Waals surface area contributed by atoms with Gasteiger partial charge in [-0.15, -0.1) is 0 Å². The minimum atomic E-state index is -0.0950. The van der Waals surface area contributed by atoms with Gasteiger partial charge in [-0.2, -0.15) is 0 Å². The Morgan fingerprint density at radius 3 is 3.06 bits per heavy atom. The van der Waals surface area contributed by atoms with Gasteiger partial charge in [-0.05, 0) is 37.5 Å². The van der Waals surface area contributed by atoms with E-state index in [1.54, 1.807) is 12.1 Å². The molecule has 92 valence electrons. The fourth-order valence-corrected chi connectivity index (χ4v) is 2.03. The second kappa shape index (κ2) is 5.52. The van der Waals surface area contributed by atoms with Crippen LogP contribution < -0.4 is 5.32 Å². The van der Waals surface area contributed by atoms with Crippen molar-refractivity contribution in [2.75, 3.05) is 13.2 Å². The lowest BCUT2D eigenvalue weighted by Crippen LogP contribution is -2.31. The highest BCUT2D eigenvalue weighted by Gasteiger charge is 2.16. The van der Waals surface area contributed by atoms with Gasteiger partial charge in [-0.3, -0.25) is 4.79 Å². The molecule has 0 saturated carbocycles. The third kappa shape index (κ3) is 3.20. The summed E-state index contributed by atoms with van der Waals surface area (Å²) >= 11 is 5.98. The number of rotatable bonds is 3. The van der Waals surface area contributed by atoms with Crippen molar-refractivity contribution in [1.29, 1.82) is 0 Å². The first-order valence-electron chi connectivity index (χ1n) is 5.83. The average molecular weight is 254 g/mol. The third-order valence-electron chi connectivity index (χ3n) is 2.95. The summed E-state index contributed by atoms with van der Waals surface area (Å²) in [5, 5.41) is 3.49. The van der Waals surface area contributed by atoms with Crippen molar-refractivity contribution in [3.8, 4) is 0 Å². The largest absolute Gasteiger partial charge is 0.376 e. The number of aryl methyl sites for hydroxylation is 1. The fraction of sp³-hybridized carbons (Fsp3) is 0.462. The highest BCUT2D eigenvalue weighted by Crippen LogP contribution is 2.17. The molecule has 1 aliphatic heterocycles. The first kappa shape index (κ1) is 12.4. The van der Waals surface area contributed by atoms with Crippen LogP contribution in [0.2, 0.25) is 5.02 Å². The van der Waals surface area contributed by atoms with Gasteiger partial charge in [0.15, 0.2) is 0 Å². The van der Waals surface area contributed by atoms with Crippen LogP contribution in [0.15, 0.2) is 18.2 Å². The fourth-order valence-electron chi connectivity index (χ4n) is 1.85. The predicted octanol–water partition coefficient (Wildman–Crippen LogP) is 2.56. The van der Waals surface area contributed by atoms with Crippen molar-refractivity contribution in [3.63, 3.8) is 0 Å². The molecular formula is C13H16ClNO2. The number of amides is 1. The summed E-state index contributed by atoms with van der Waals surface area (Å²) in [5.74, 6) is -0.0950. The van der Waals surface area contributed by atoms with Crippen molar-refractivity contribution >= 4 is 17.5 Å². The SMILES string of the molecule is Cc1ccc(C(=O)NC[C@H]2CCCO2)cc1Cl. The minimum absolute atomic E-state index is 0.0950. The molecule has 1 saturated heterocycles. The lowest BCUT2D eigenvalue weighted by atomic mass is 10.1. The highest BCUT2D eigenvalue weighted by atomic mass is 35.5. The zero-order chi connectivity index (χ0) is 12.3. The smallest absolute Gasteiger partial charge is 0.251 e. The molecule has 3 nitrogen and oxygen atoms in total. The zero-order valence-corrected chi connectivity index (χ0v) is 10.6. The molecule has 1 N–H and O–H groups in total. The molecule has 1 aromatic rings. The minimum Gasteiger partial charge on any atom is -0.376 e. The molecular weight excluding hydrogens is 238 g/mol. The number of hydrogen-bond donors (Lipinski definition) is 1. The summed E-state index contributed by atoms with van der Waals surface area (Å²) < 4.78 is 5.44. The van der Waals surface area contributed by atoms with Crippen molar-refractivity contribution in [1.82, 2.24) is 5.32 Å². The highest BCUT2D eigenvalue weighted by molar-refractivity contribution is 6.31. The topological polar surface area (TPSA) is 38.3 Å². The Hall–Kier alpha value is -1.06. The monoisotopic (exact) mass is 253 g/mol. The maximum Gasteiger partial charge on any atom is 0.251 e. The van der Waals surface area contributed by atoms with Gasteiger partial charge in [0.05, 0.1) is 6.10 Å². The molecule has 1 atom stereocenters. The van der Waals surface area contributed by atoms with Gasteiger partial charge in [0, 0.05) is 23.7 Å². The van der Waals surface area contributed by atoms with Gasteiger partial charge in [0.1, 0.15) is 0 Å². The van der Waals surface area contributed by atoms with Crippen molar-refractivity contribution in [3.05, 3.63) is 34.3 Å². The van der Waals surface area contributed by atoms with Gasteiger partial charge in [0.25, 0.3) is 5.91 Å². The van der Waals surface area contributed by atoms with Crippen molar-refractivity contribution < 1.29 is 9.53 Å².